The van der Waals surface area contributed by atoms with Crippen molar-refractivity contribution in [2.75, 3.05) is 7.11 Å². The highest BCUT2D eigenvalue weighted by Gasteiger charge is 2.09. The summed E-state index contributed by atoms with van der Waals surface area (Å²) < 4.78 is 5.03. The molecule has 20 heavy (non-hydrogen) atoms. The van der Waals surface area contributed by atoms with Crippen LogP contribution in [0.15, 0.2) is 42.5 Å². The smallest absolute Gasteiger partial charge is 0.336 e. The highest BCUT2D eigenvalue weighted by atomic mass is 35.5. The molecule has 3 nitrogen and oxygen atoms in total. The Bertz CT molecular complexity index is 663. The van der Waals surface area contributed by atoms with E-state index in [1.54, 1.807) is 24.3 Å². The fraction of sp³-hybridized carbons (Fsp3) is 0.0625. The molecule has 0 heterocycles. The normalized spacial score (nSPS) is 10.7. The van der Waals surface area contributed by atoms with Crippen molar-refractivity contribution in [3.05, 3.63) is 64.2 Å². The van der Waals surface area contributed by atoms with Crippen molar-refractivity contribution in [3.8, 4) is 5.75 Å². The van der Waals surface area contributed by atoms with Crippen molar-refractivity contribution in [2.45, 2.75) is 0 Å². The molecule has 0 aliphatic carbocycles. The number of carbonyl (C=O) groups is 1. The molecule has 0 bridgehead atoms. The van der Waals surface area contributed by atoms with E-state index in [2.05, 4.69) is 0 Å². The maximum absolute atomic E-state index is 11.2. The molecule has 4 heteroatoms. The van der Waals surface area contributed by atoms with Gasteiger partial charge in [0, 0.05) is 5.02 Å². The molecule has 0 aliphatic rings. The summed E-state index contributed by atoms with van der Waals surface area (Å²) in [5.41, 5.74) is 1.71. The monoisotopic (exact) mass is 288 g/mol. The zero-order chi connectivity index (χ0) is 14.5. The second-order valence-electron chi connectivity index (χ2n) is 4.15. The third-order valence-electron chi connectivity index (χ3n) is 2.79. The summed E-state index contributed by atoms with van der Waals surface area (Å²) in [6.45, 7) is 0. The van der Waals surface area contributed by atoms with Gasteiger partial charge < -0.3 is 9.84 Å². The van der Waals surface area contributed by atoms with Crippen LogP contribution in [0.5, 0.6) is 5.75 Å². The topological polar surface area (TPSA) is 46.5 Å². The third-order valence-corrected chi connectivity index (χ3v) is 3.03. The van der Waals surface area contributed by atoms with Crippen molar-refractivity contribution >= 4 is 29.7 Å². The number of hydrogen-bond donors (Lipinski definition) is 1. The summed E-state index contributed by atoms with van der Waals surface area (Å²) in [6.07, 6.45) is 3.56. The minimum absolute atomic E-state index is 0.197. The van der Waals surface area contributed by atoms with Gasteiger partial charge in [-0.1, -0.05) is 42.0 Å². The zero-order valence-corrected chi connectivity index (χ0v) is 11.6. The Labute approximate surface area is 122 Å². The first-order valence-electron chi connectivity index (χ1n) is 5.95. The average Bonchev–Trinajstić information content (AvgIpc) is 2.45. The van der Waals surface area contributed by atoms with E-state index in [4.69, 9.17) is 16.3 Å². The first kappa shape index (κ1) is 14.2. The minimum atomic E-state index is -0.991. The van der Waals surface area contributed by atoms with Crippen LogP contribution in [0.4, 0.5) is 0 Å². The fourth-order valence-corrected chi connectivity index (χ4v) is 1.99. The Morgan fingerprint density at radius 1 is 1.20 bits per heavy atom. The van der Waals surface area contributed by atoms with Gasteiger partial charge in [-0.05, 0) is 35.4 Å². The Morgan fingerprint density at radius 2 is 2.00 bits per heavy atom. The number of carboxylic acid groups (broad SMARTS) is 1. The van der Waals surface area contributed by atoms with Crippen LogP contribution < -0.4 is 4.74 Å². The highest BCUT2D eigenvalue weighted by molar-refractivity contribution is 6.30. The van der Waals surface area contributed by atoms with Gasteiger partial charge in [0.1, 0.15) is 5.75 Å². The van der Waals surface area contributed by atoms with Crippen LogP contribution in [0.1, 0.15) is 21.5 Å². The van der Waals surface area contributed by atoms with Gasteiger partial charge in [0.2, 0.25) is 0 Å². The zero-order valence-electron chi connectivity index (χ0n) is 10.8. The summed E-state index contributed by atoms with van der Waals surface area (Å²) in [5.74, 6) is -0.475. The molecule has 2 rings (SSSR count). The first-order valence-corrected chi connectivity index (χ1v) is 6.33. The molecule has 2 aromatic carbocycles. The summed E-state index contributed by atoms with van der Waals surface area (Å²) in [7, 11) is 1.50. The molecule has 0 aliphatic heterocycles. The van der Waals surface area contributed by atoms with E-state index in [1.165, 1.54) is 13.2 Å². The molecule has 102 valence electrons. The quantitative estimate of drug-likeness (QED) is 0.857. The van der Waals surface area contributed by atoms with Gasteiger partial charge in [-0.15, -0.1) is 0 Å². The Morgan fingerprint density at radius 3 is 2.65 bits per heavy atom. The summed E-state index contributed by atoms with van der Waals surface area (Å²) in [5, 5.41) is 9.86. The van der Waals surface area contributed by atoms with Crippen molar-refractivity contribution in [1.29, 1.82) is 0 Å². The van der Waals surface area contributed by atoms with Gasteiger partial charge in [0.15, 0.2) is 0 Å². The number of carboxylic acids is 1. The average molecular weight is 289 g/mol. The molecule has 0 radical (unpaired) electrons. The van der Waals surface area contributed by atoms with Crippen LogP contribution in [0, 0.1) is 0 Å². The number of methoxy groups -OCH3 is 1. The third kappa shape index (κ3) is 3.39. The Kier molecular flexibility index (Phi) is 4.43. The van der Waals surface area contributed by atoms with Crippen LogP contribution in [0.2, 0.25) is 5.02 Å². The van der Waals surface area contributed by atoms with Crippen LogP contribution in [0.25, 0.3) is 12.2 Å². The molecule has 0 saturated heterocycles. The van der Waals surface area contributed by atoms with E-state index >= 15 is 0 Å². The molecule has 0 aromatic heterocycles. The number of rotatable bonds is 4. The molecule has 0 amide bonds. The van der Waals surface area contributed by atoms with Crippen LogP contribution >= 0.6 is 11.6 Å². The van der Waals surface area contributed by atoms with E-state index in [1.807, 2.05) is 24.3 Å². The number of halogens is 1. The van der Waals surface area contributed by atoms with Gasteiger partial charge in [0.05, 0.1) is 12.7 Å². The molecule has 0 unspecified atom stereocenters. The van der Waals surface area contributed by atoms with Gasteiger partial charge in [0.25, 0.3) is 0 Å². The van der Waals surface area contributed by atoms with E-state index in [0.717, 1.165) is 5.56 Å². The van der Waals surface area contributed by atoms with Crippen LogP contribution in [-0.4, -0.2) is 18.2 Å². The van der Waals surface area contributed by atoms with Crippen molar-refractivity contribution in [3.63, 3.8) is 0 Å². The Balaban J connectivity index is 2.35. The van der Waals surface area contributed by atoms with E-state index in [9.17, 15) is 9.90 Å². The first-order chi connectivity index (χ1) is 9.60. The maximum Gasteiger partial charge on any atom is 0.336 e. The minimum Gasteiger partial charge on any atom is -0.497 e. The maximum atomic E-state index is 11.2. The SMILES string of the molecule is COc1ccc(/C=C\c2cccc(Cl)c2)c(C(=O)O)c1. The van der Waals surface area contributed by atoms with E-state index in [-0.39, 0.29) is 5.56 Å². The Hall–Kier alpha value is -2.26. The van der Waals surface area contributed by atoms with Crippen molar-refractivity contribution < 1.29 is 14.6 Å². The molecule has 2 aromatic rings. The molecular formula is C16H13ClO3. The second kappa shape index (κ2) is 6.26. The van der Waals surface area contributed by atoms with Gasteiger partial charge in [-0.3, -0.25) is 0 Å². The lowest BCUT2D eigenvalue weighted by atomic mass is 10.1. The molecule has 0 saturated carbocycles. The van der Waals surface area contributed by atoms with Gasteiger partial charge in [-0.25, -0.2) is 4.79 Å². The number of hydrogen-bond acceptors (Lipinski definition) is 2. The van der Waals surface area contributed by atoms with E-state index in [0.29, 0.717) is 16.3 Å². The number of aromatic carboxylic acids is 1. The second-order valence-corrected chi connectivity index (χ2v) is 4.58. The lowest BCUT2D eigenvalue weighted by molar-refractivity contribution is 0.0696. The molecule has 0 spiro atoms. The number of benzene rings is 2. The molecular weight excluding hydrogens is 276 g/mol. The fourth-order valence-electron chi connectivity index (χ4n) is 1.79. The van der Waals surface area contributed by atoms with Gasteiger partial charge in [-0.2, -0.15) is 0 Å². The summed E-state index contributed by atoms with van der Waals surface area (Å²) >= 11 is 5.90. The predicted octanol–water partition coefficient (Wildman–Crippen LogP) is 4.22. The molecule has 0 atom stereocenters. The standard InChI is InChI=1S/C16H13ClO3/c1-20-14-8-7-12(15(10-14)16(18)19)6-5-11-3-2-4-13(17)9-11/h2-10H,1H3,(H,18,19)/b6-5-. The lowest BCUT2D eigenvalue weighted by Gasteiger charge is -2.05. The molecule has 1 N–H and O–H groups in total. The van der Waals surface area contributed by atoms with Crippen molar-refractivity contribution in [1.82, 2.24) is 0 Å². The van der Waals surface area contributed by atoms with Gasteiger partial charge >= 0.3 is 5.97 Å². The predicted molar refractivity (Wildman–Crippen MR) is 80.3 cm³/mol. The van der Waals surface area contributed by atoms with Crippen molar-refractivity contribution in [2.24, 2.45) is 0 Å². The van der Waals surface area contributed by atoms with E-state index < -0.39 is 5.97 Å². The van der Waals surface area contributed by atoms with Crippen LogP contribution in [-0.2, 0) is 0 Å². The molecule has 0 fully saturated rings. The van der Waals surface area contributed by atoms with Crippen LogP contribution in [0.3, 0.4) is 0 Å². The summed E-state index contributed by atoms with van der Waals surface area (Å²) in [6, 6.07) is 12.3. The highest BCUT2D eigenvalue weighted by Crippen LogP contribution is 2.20. The number of ether oxygens (including phenoxy) is 1. The largest absolute Gasteiger partial charge is 0.497 e. The lowest BCUT2D eigenvalue weighted by Crippen LogP contribution is -2.00. The summed E-state index contributed by atoms with van der Waals surface area (Å²) in [4.78, 5) is 11.2.